The molecule has 1 aromatic heterocycles. The summed E-state index contributed by atoms with van der Waals surface area (Å²) in [5, 5.41) is 3.55. The number of amides is 2. The second-order valence-electron chi connectivity index (χ2n) is 6.90. The van der Waals surface area contributed by atoms with Crippen molar-refractivity contribution in [2.45, 2.75) is 46.3 Å². The molecular weight excluding hydrogens is 366 g/mol. The lowest BCUT2D eigenvalue weighted by Crippen LogP contribution is -2.60. The van der Waals surface area contributed by atoms with Crippen molar-refractivity contribution in [3.8, 4) is 0 Å². The third kappa shape index (κ3) is 3.32. The highest BCUT2D eigenvalue weighted by atomic mass is 32.1. The number of carbonyl (C=O) groups excluding carboxylic acids is 3. The number of rotatable bonds is 3. The standard InChI is InChI=1S/C19H21N3O4S/c1-10-15(27-12(3)20-10)17(24)26-11(2)16(23)22-14-9-7-6-8-13(14)21-18(25)19(22,4)5/h6-9,11H,1-5H3,(H,21,25)/t11-/m0/s1. The van der Waals surface area contributed by atoms with Gasteiger partial charge in [-0.15, -0.1) is 11.3 Å². The molecule has 3 rings (SSSR count). The van der Waals surface area contributed by atoms with Crippen molar-refractivity contribution in [1.82, 2.24) is 4.98 Å². The first-order valence-corrected chi connectivity index (χ1v) is 9.34. The molecule has 1 aromatic carbocycles. The number of hydrogen-bond donors (Lipinski definition) is 1. The molecule has 0 radical (unpaired) electrons. The second kappa shape index (κ2) is 6.77. The average Bonchev–Trinajstić information content (AvgIpc) is 2.93. The maximum absolute atomic E-state index is 13.1. The maximum atomic E-state index is 13.1. The van der Waals surface area contributed by atoms with Gasteiger partial charge in [0.05, 0.1) is 22.1 Å². The van der Waals surface area contributed by atoms with Crippen LogP contribution in [-0.2, 0) is 14.3 Å². The predicted molar refractivity (Wildman–Crippen MR) is 103 cm³/mol. The number of thiazole rings is 1. The van der Waals surface area contributed by atoms with E-state index in [9.17, 15) is 14.4 Å². The van der Waals surface area contributed by atoms with Crippen LogP contribution < -0.4 is 10.2 Å². The first-order chi connectivity index (χ1) is 12.6. The van der Waals surface area contributed by atoms with E-state index in [4.69, 9.17) is 4.74 Å². The Morgan fingerprint density at radius 1 is 1.26 bits per heavy atom. The van der Waals surface area contributed by atoms with Gasteiger partial charge in [0.1, 0.15) is 10.4 Å². The number of nitrogens with zero attached hydrogens (tertiary/aromatic N) is 2. The van der Waals surface area contributed by atoms with Gasteiger partial charge >= 0.3 is 5.97 Å². The van der Waals surface area contributed by atoms with Gasteiger partial charge in [0, 0.05) is 0 Å². The lowest BCUT2D eigenvalue weighted by Gasteiger charge is -2.42. The number of aromatic nitrogens is 1. The van der Waals surface area contributed by atoms with Gasteiger partial charge in [0.2, 0.25) is 5.91 Å². The van der Waals surface area contributed by atoms with Crippen LogP contribution in [0.15, 0.2) is 24.3 Å². The molecule has 1 atom stereocenters. The van der Waals surface area contributed by atoms with Crippen LogP contribution >= 0.6 is 11.3 Å². The van der Waals surface area contributed by atoms with E-state index in [1.807, 2.05) is 0 Å². The van der Waals surface area contributed by atoms with E-state index in [2.05, 4.69) is 10.3 Å². The molecule has 0 aliphatic carbocycles. The van der Waals surface area contributed by atoms with E-state index in [1.54, 1.807) is 52.0 Å². The molecule has 7 nitrogen and oxygen atoms in total. The highest BCUT2D eigenvalue weighted by Gasteiger charge is 2.45. The molecule has 1 N–H and O–H groups in total. The lowest BCUT2D eigenvalue weighted by molar-refractivity contribution is -0.131. The molecule has 2 amide bonds. The highest BCUT2D eigenvalue weighted by Crippen LogP contribution is 2.37. The number of esters is 1. The molecule has 2 aromatic rings. The van der Waals surface area contributed by atoms with Crippen molar-refractivity contribution >= 4 is 40.5 Å². The SMILES string of the molecule is Cc1nc(C)c(C(=O)O[C@@H](C)C(=O)N2c3ccccc3NC(=O)C2(C)C)s1. The number of fused-ring (bicyclic) bond motifs is 1. The van der Waals surface area contributed by atoms with Gasteiger partial charge in [-0.25, -0.2) is 9.78 Å². The van der Waals surface area contributed by atoms with Crippen molar-refractivity contribution in [3.05, 3.63) is 39.8 Å². The van der Waals surface area contributed by atoms with Crippen molar-refractivity contribution in [1.29, 1.82) is 0 Å². The zero-order valence-corrected chi connectivity index (χ0v) is 16.6. The highest BCUT2D eigenvalue weighted by molar-refractivity contribution is 7.13. The smallest absolute Gasteiger partial charge is 0.351 e. The normalized spacial score (nSPS) is 16.3. The van der Waals surface area contributed by atoms with Crippen LogP contribution in [0.5, 0.6) is 0 Å². The van der Waals surface area contributed by atoms with Crippen LogP contribution in [0.2, 0.25) is 0 Å². The Morgan fingerprint density at radius 2 is 1.93 bits per heavy atom. The van der Waals surface area contributed by atoms with E-state index in [0.717, 1.165) is 5.01 Å². The Hall–Kier alpha value is -2.74. The molecule has 1 aliphatic heterocycles. The van der Waals surface area contributed by atoms with Crippen LogP contribution in [0, 0.1) is 13.8 Å². The van der Waals surface area contributed by atoms with E-state index < -0.39 is 23.5 Å². The summed E-state index contributed by atoms with van der Waals surface area (Å²) in [4.78, 5) is 44.0. The Labute approximate surface area is 161 Å². The molecule has 142 valence electrons. The van der Waals surface area contributed by atoms with Crippen LogP contribution in [0.1, 0.15) is 41.1 Å². The minimum Gasteiger partial charge on any atom is -0.448 e. The van der Waals surface area contributed by atoms with Crippen molar-refractivity contribution in [2.75, 3.05) is 10.2 Å². The van der Waals surface area contributed by atoms with E-state index in [0.29, 0.717) is 21.9 Å². The fourth-order valence-electron chi connectivity index (χ4n) is 3.01. The van der Waals surface area contributed by atoms with Crippen molar-refractivity contribution in [2.24, 2.45) is 0 Å². The minimum atomic E-state index is -1.12. The first kappa shape index (κ1) is 19.0. The summed E-state index contributed by atoms with van der Waals surface area (Å²) in [6.07, 6.45) is -1.06. The zero-order valence-electron chi connectivity index (χ0n) is 15.8. The number of benzene rings is 1. The molecule has 2 heterocycles. The largest absolute Gasteiger partial charge is 0.448 e. The predicted octanol–water partition coefficient (Wildman–Crippen LogP) is 3.07. The van der Waals surface area contributed by atoms with Crippen LogP contribution in [0.3, 0.4) is 0 Å². The summed E-state index contributed by atoms with van der Waals surface area (Å²) >= 11 is 1.23. The van der Waals surface area contributed by atoms with Gasteiger partial charge in [-0.2, -0.15) is 0 Å². The maximum Gasteiger partial charge on any atom is 0.351 e. The Bertz CT molecular complexity index is 935. The summed E-state index contributed by atoms with van der Waals surface area (Å²) in [5.74, 6) is -1.36. The van der Waals surface area contributed by atoms with Gasteiger partial charge in [-0.05, 0) is 46.8 Å². The van der Waals surface area contributed by atoms with Gasteiger partial charge in [-0.3, -0.25) is 14.5 Å². The molecular formula is C19H21N3O4S. The van der Waals surface area contributed by atoms with Crippen LogP contribution in [0.25, 0.3) is 0 Å². The fourth-order valence-corrected chi connectivity index (χ4v) is 3.82. The number of carbonyl (C=O) groups is 3. The van der Waals surface area contributed by atoms with Crippen molar-refractivity contribution in [3.63, 3.8) is 0 Å². The molecule has 0 saturated carbocycles. The molecule has 0 bridgehead atoms. The topological polar surface area (TPSA) is 88.6 Å². The second-order valence-corrected chi connectivity index (χ2v) is 8.10. The zero-order chi connectivity index (χ0) is 19.9. The molecule has 1 aliphatic rings. The molecule has 0 saturated heterocycles. The van der Waals surface area contributed by atoms with Gasteiger partial charge in [0.15, 0.2) is 6.10 Å². The summed E-state index contributed by atoms with van der Waals surface area (Å²) in [6, 6.07) is 7.04. The quantitative estimate of drug-likeness (QED) is 0.818. The summed E-state index contributed by atoms with van der Waals surface area (Å²) in [6.45, 7) is 8.34. The van der Waals surface area contributed by atoms with Crippen LogP contribution in [-0.4, -0.2) is 34.4 Å². The molecule has 27 heavy (non-hydrogen) atoms. The van der Waals surface area contributed by atoms with Gasteiger partial charge in [0.25, 0.3) is 5.91 Å². The number of nitrogens with one attached hydrogen (secondary N) is 1. The number of ether oxygens (including phenoxy) is 1. The average molecular weight is 387 g/mol. The molecule has 0 fully saturated rings. The number of anilines is 2. The van der Waals surface area contributed by atoms with Gasteiger partial charge < -0.3 is 10.1 Å². The first-order valence-electron chi connectivity index (χ1n) is 8.52. The lowest BCUT2D eigenvalue weighted by atomic mass is 9.95. The number of para-hydroxylation sites is 2. The third-order valence-electron chi connectivity index (χ3n) is 4.45. The minimum absolute atomic E-state index is 0.304. The Balaban J connectivity index is 1.88. The molecule has 0 unspecified atom stereocenters. The molecule has 0 spiro atoms. The Morgan fingerprint density at radius 3 is 2.56 bits per heavy atom. The molecule has 8 heteroatoms. The fraction of sp³-hybridized carbons (Fsp3) is 0.368. The van der Waals surface area contributed by atoms with E-state index in [1.165, 1.54) is 23.2 Å². The number of hydrogen-bond acceptors (Lipinski definition) is 6. The van der Waals surface area contributed by atoms with Crippen molar-refractivity contribution < 1.29 is 19.1 Å². The van der Waals surface area contributed by atoms with E-state index in [-0.39, 0.29) is 5.91 Å². The summed E-state index contributed by atoms with van der Waals surface area (Å²) < 4.78 is 5.40. The third-order valence-corrected chi connectivity index (χ3v) is 5.50. The van der Waals surface area contributed by atoms with Crippen LogP contribution in [0.4, 0.5) is 11.4 Å². The van der Waals surface area contributed by atoms with E-state index >= 15 is 0 Å². The Kier molecular flexibility index (Phi) is 4.77. The monoisotopic (exact) mass is 387 g/mol. The number of aryl methyl sites for hydroxylation is 2. The summed E-state index contributed by atoms with van der Waals surface area (Å²) in [7, 11) is 0. The summed E-state index contributed by atoms with van der Waals surface area (Å²) in [5.41, 5.74) is 0.566. The van der Waals surface area contributed by atoms with Gasteiger partial charge in [-0.1, -0.05) is 12.1 Å².